The van der Waals surface area contributed by atoms with E-state index in [1.165, 1.54) is 30.0 Å². The van der Waals surface area contributed by atoms with Crippen LogP contribution in [0.2, 0.25) is 0 Å². The SMILES string of the molecule is CC(=O)NCC1CN(c2ccc(OCC[C@@]3(O)CCNC[C@@H]3O)c(F)c2)C(=O)O1. The molecule has 2 aliphatic heterocycles. The number of cyclic esters (lactones) is 1. The molecule has 1 aromatic carbocycles. The predicted octanol–water partition coefficient (Wildman–Crippen LogP) is 0.141. The molecular weight excluding hydrogens is 385 g/mol. The van der Waals surface area contributed by atoms with Gasteiger partial charge in [0.1, 0.15) is 6.10 Å². The van der Waals surface area contributed by atoms with Gasteiger partial charge < -0.3 is 30.3 Å². The summed E-state index contributed by atoms with van der Waals surface area (Å²) in [6, 6.07) is 4.11. The van der Waals surface area contributed by atoms with Gasteiger partial charge in [0.25, 0.3) is 0 Å². The predicted molar refractivity (Wildman–Crippen MR) is 101 cm³/mol. The quantitative estimate of drug-likeness (QED) is 0.504. The van der Waals surface area contributed by atoms with Crippen LogP contribution in [0.15, 0.2) is 18.2 Å². The summed E-state index contributed by atoms with van der Waals surface area (Å²) >= 11 is 0. The number of halogens is 1. The molecule has 10 heteroatoms. The number of benzene rings is 1. The van der Waals surface area contributed by atoms with Gasteiger partial charge in [-0.25, -0.2) is 9.18 Å². The highest BCUT2D eigenvalue weighted by Gasteiger charge is 2.37. The van der Waals surface area contributed by atoms with E-state index in [0.717, 1.165) is 0 Å². The van der Waals surface area contributed by atoms with Crippen molar-refractivity contribution in [2.45, 2.75) is 37.6 Å². The molecule has 0 aliphatic carbocycles. The molecule has 29 heavy (non-hydrogen) atoms. The molecule has 1 aromatic rings. The second-order valence-electron chi connectivity index (χ2n) is 7.34. The molecule has 160 valence electrons. The molecule has 2 amide bonds. The zero-order valence-corrected chi connectivity index (χ0v) is 16.2. The van der Waals surface area contributed by atoms with Crippen molar-refractivity contribution in [3.05, 3.63) is 24.0 Å². The number of hydrogen-bond acceptors (Lipinski definition) is 7. The van der Waals surface area contributed by atoms with Gasteiger partial charge in [0.2, 0.25) is 5.91 Å². The Kier molecular flexibility index (Phi) is 6.56. The molecule has 0 aromatic heterocycles. The lowest BCUT2D eigenvalue weighted by atomic mass is 9.87. The molecule has 0 saturated carbocycles. The first-order valence-electron chi connectivity index (χ1n) is 9.54. The van der Waals surface area contributed by atoms with Crippen molar-refractivity contribution >= 4 is 17.7 Å². The largest absolute Gasteiger partial charge is 0.490 e. The fraction of sp³-hybridized carbons (Fsp3) is 0.579. The van der Waals surface area contributed by atoms with E-state index in [2.05, 4.69) is 10.6 Å². The standard InChI is InChI=1S/C19H26FN3O6/c1-12(24)22-9-14-11-23(18(26)29-14)13-2-3-16(15(20)8-13)28-7-5-19(27)4-6-21-10-17(19)25/h2-3,8,14,17,21,25,27H,4-7,9-11H2,1H3,(H,22,24)/t14?,17-,19-/m0/s1. The lowest BCUT2D eigenvalue weighted by Gasteiger charge is -2.37. The van der Waals surface area contributed by atoms with E-state index in [4.69, 9.17) is 9.47 Å². The summed E-state index contributed by atoms with van der Waals surface area (Å²) in [5, 5.41) is 26.0. The number of nitrogens with zero attached hydrogens (tertiary/aromatic N) is 1. The van der Waals surface area contributed by atoms with Crippen molar-refractivity contribution in [3.8, 4) is 5.75 Å². The summed E-state index contributed by atoms with van der Waals surface area (Å²) in [6.07, 6.45) is -1.48. The number of hydrogen-bond donors (Lipinski definition) is 4. The smallest absolute Gasteiger partial charge is 0.414 e. The first kappa shape index (κ1) is 21.3. The second kappa shape index (κ2) is 8.93. The first-order chi connectivity index (χ1) is 13.8. The minimum Gasteiger partial charge on any atom is -0.490 e. The maximum atomic E-state index is 14.4. The number of β-amino-alcohol motifs (C(OH)–C–C–N with tert-alkyl or cyclic N) is 1. The van der Waals surface area contributed by atoms with Crippen LogP contribution in [0.3, 0.4) is 0 Å². The summed E-state index contributed by atoms with van der Waals surface area (Å²) in [6.45, 7) is 2.67. The van der Waals surface area contributed by atoms with E-state index in [-0.39, 0.29) is 37.8 Å². The molecule has 2 fully saturated rings. The Bertz CT molecular complexity index is 763. The number of anilines is 1. The number of aliphatic hydroxyl groups is 2. The minimum atomic E-state index is -1.26. The highest BCUT2D eigenvalue weighted by atomic mass is 19.1. The summed E-state index contributed by atoms with van der Waals surface area (Å²) in [5.41, 5.74) is -0.943. The van der Waals surface area contributed by atoms with Gasteiger partial charge in [-0.3, -0.25) is 9.69 Å². The number of ether oxygens (including phenoxy) is 2. The monoisotopic (exact) mass is 411 g/mol. The van der Waals surface area contributed by atoms with Gasteiger partial charge in [0, 0.05) is 26.0 Å². The fourth-order valence-corrected chi connectivity index (χ4v) is 3.40. The molecule has 2 heterocycles. The molecule has 3 rings (SSSR count). The van der Waals surface area contributed by atoms with Crippen LogP contribution in [0.25, 0.3) is 0 Å². The lowest BCUT2D eigenvalue weighted by molar-refractivity contribution is -0.119. The molecule has 4 N–H and O–H groups in total. The zero-order chi connectivity index (χ0) is 21.0. The Labute approximate surface area is 167 Å². The maximum absolute atomic E-state index is 14.4. The molecule has 3 atom stereocenters. The van der Waals surface area contributed by atoms with Gasteiger partial charge in [0.15, 0.2) is 11.6 Å². The fourth-order valence-electron chi connectivity index (χ4n) is 3.40. The van der Waals surface area contributed by atoms with Crippen LogP contribution < -0.4 is 20.3 Å². The topological polar surface area (TPSA) is 120 Å². The number of piperidine rings is 1. The van der Waals surface area contributed by atoms with Crippen LogP contribution >= 0.6 is 0 Å². The average molecular weight is 411 g/mol. The number of rotatable bonds is 7. The summed E-state index contributed by atoms with van der Waals surface area (Å²) < 4.78 is 25.0. The van der Waals surface area contributed by atoms with Crippen LogP contribution in [-0.2, 0) is 9.53 Å². The third-order valence-electron chi connectivity index (χ3n) is 5.17. The van der Waals surface area contributed by atoms with Crippen molar-refractivity contribution < 1.29 is 33.7 Å². The van der Waals surface area contributed by atoms with Crippen LogP contribution in [0.1, 0.15) is 19.8 Å². The number of nitrogens with one attached hydrogen (secondary N) is 2. The Morgan fingerprint density at radius 2 is 2.31 bits per heavy atom. The van der Waals surface area contributed by atoms with Crippen LogP contribution in [-0.4, -0.2) is 72.8 Å². The van der Waals surface area contributed by atoms with Gasteiger partial charge in [-0.2, -0.15) is 0 Å². The highest BCUT2D eigenvalue weighted by Crippen LogP contribution is 2.28. The molecule has 0 spiro atoms. The van der Waals surface area contributed by atoms with Crippen molar-refractivity contribution in [1.29, 1.82) is 0 Å². The minimum absolute atomic E-state index is 0.0110. The summed E-state index contributed by atoms with van der Waals surface area (Å²) in [5.74, 6) is -0.893. The first-order valence-corrected chi connectivity index (χ1v) is 9.54. The Morgan fingerprint density at radius 3 is 3.00 bits per heavy atom. The van der Waals surface area contributed by atoms with Crippen molar-refractivity contribution in [1.82, 2.24) is 10.6 Å². The van der Waals surface area contributed by atoms with Crippen LogP contribution in [0, 0.1) is 5.82 Å². The highest BCUT2D eigenvalue weighted by molar-refractivity contribution is 5.89. The van der Waals surface area contributed by atoms with Gasteiger partial charge >= 0.3 is 6.09 Å². The lowest BCUT2D eigenvalue weighted by Crippen LogP contribution is -2.54. The van der Waals surface area contributed by atoms with E-state index >= 15 is 0 Å². The van der Waals surface area contributed by atoms with E-state index in [1.807, 2.05) is 0 Å². The maximum Gasteiger partial charge on any atom is 0.414 e. The molecule has 2 aliphatic rings. The van der Waals surface area contributed by atoms with Gasteiger partial charge in [0.05, 0.1) is 37.1 Å². The third-order valence-corrected chi connectivity index (χ3v) is 5.17. The van der Waals surface area contributed by atoms with Crippen molar-refractivity contribution in [3.63, 3.8) is 0 Å². The second-order valence-corrected chi connectivity index (χ2v) is 7.34. The van der Waals surface area contributed by atoms with Crippen molar-refractivity contribution in [2.24, 2.45) is 0 Å². The molecule has 9 nitrogen and oxygen atoms in total. The molecule has 0 bridgehead atoms. The van der Waals surface area contributed by atoms with Gasteiger partial charge in [-0.15, -0.1) is 0 Å². The zero-order valence-electron chi connectivity index (χ0n) is 16.2. The van der Waals surface area contributed by atoms with Gasteiger partial charge in [-0.1, -0.05) is 0 Å². The van der Waals surface area contributed by atoms with E-state index < -0.39 is 29.7 Å². The average Bonchev–Trinajstić information content (AvgIpc) is 3.05. The summed E-state index contributed by atoms with van der Waals surface area (Å²) in [7, 11) is 0. The Hall–Kier alpha value is -2.43. The summed E-state index contributed by atoms with van der Waals surface area (Å²) in [4.78, 5) is 24.3. The number of carbonyl (C=O) groups excluding carboxylic acids is 2. The number of aliphatic hydroxyl groups excluding tert-OH is 1. The molecular formula is C19H26FN3O6. The van der Waals surface area contributed by atoms with E-state index in [0.29, 0.717) is 25.2 Å². The number of amides is 2. The normalized spacial score (nSPS) is 26.9. The Morgan fingerprint density at radius 1 is 1.52 bits per heavy atom. The Balaban J connectivity index is 1.56. The molecule has 1 unspecified atom stereocenters. The third kappa shape index (κ3) is 5.14. The van der Waals surface area contributed by atoms with Crippen molar-refractivity contribution in [2.75, 3.05) is 37.7 Å². The number of carbonyl (C=O) groups is 2. The van der Waals surface area contributed by atoms with Gasteiger partial charge in [-0.05, 0) is 25.1 Å². The van der Waals surface area contributed by atoms with E-state index in [1.54, 1.807) is 0 Å². The van der Waals surface area contributed by atoms with E-state index in [9.17, 15) is 24.2 Å². The van der Waals surface area contributed by atoms with Crippen LogP contribution in [0.4, 0.5) is 14.9 Å². The molecule has 0 radical (unpaired) electrons. The van der Waals surface area contributed by atoms with Crippen LogP contribution in [0.5, 0.6) is 5.75 Å². The molecule has 2 saturated heterocycles.